The van der Waals surface area contributed by atoms with Crippen molar-refractivity contribution in [3.05, 3.63) is 71.3 Å². The van der Waals surface area contributed by atoms with Crippen molar-refractivity contribution in [2.24, 2.45) is 0 Å². The summed E-state index contributed by atoms with van der Waals surface area (Å²) in [4.78, 5) is 37.3. The molecule has 7 nitrogen and oxygen atoms in total. The van der Waals surface area contributed by atoms with Gasteiger partial charge in [0.15, 0.2) is 6.61 Å². The highest BCUT2D eigenvalue weighted by atomic mass is 16.5. The standard InChI is InChI=1S/C23H22N2O5/c1-17-4-11-20(12-5-17)25(15-3-14-24)21(26)16-30-22(27)13-8-18-6-9-19(10-7-18)23(28)29-2/h4-13H,3,15-16H2,1-2H3/b13-8+. The lowest BCUT2D eigenvalue weighted by atomic mass is 10.1. The van der Waals surface area contributed by atoms with E-state index in [1.165, 1.54) is 24.2 Å². The molecule has 0 saturated heterocycles. The highest BCUT2D eigenvalue weighted by Gasteiger charge is 2.17. The van der Waals surface area contributed by atoms with E-state index in [0.717, 1.165) is 5.56 Å². The number of nitrogens with zero attached hydrogens (tertiary/aromatic N) is 2. The van der Waals surface area contributed by atoms with Crippen molar-refractivity contribution in [1.82, 2.24) is 0 Å². The fraction of sp³-hybridized carbons (Fsp3) is 0.217. The van der Waals surface area contributed by atoms with Crippen molar-refractivity contribution in [3.8, 4) is 6.07 Å². The Bertz CT molecular complexity index is 957. The average molecular weight is 406 g/mol. The van der Waals surface area contributed by atoms with E-state index in [0.29, 0.717) is 16.8 Å². The summed E-state index contributed by atoms with van der Waals surface area (Å²) in [6, 6.07) is 15.8. The smallest absolute Gasteiger partial charge is 0.337 e. The second-order valence-electron chi connectivity index (χ2n) is 6.34. The Morgan fingerprint density at radius 1 is 1.07 bits per heavy atom. The van der Waals surface area contributed by atoms with Crippen LogP contribution < -0.4 is 4.90 Å². The lowest BCUT2D eigenvalue weighted by molar-refractivity contribution is -0.142. The largest absolute Gasteiger partial charge is 0.465 e. The Labute approximate surface area is 175 Å². The van der Waals surface area contributed by atoms with Crippen LogP contribution in [0.3, 0.4) is 0 Å². The molecule has 1 amide bonds. The summed E-state index contributed by atoms with van der Waals surface area (Å²) >= 11 is 0. The molecular weight excluding hydrogens is 384 g/mol. The number of rotatable bonds is 8. The normalized spacial score (nSPS) is 10.3. The summed E-state index contributed by atoms with van der Waals surface area (Å²) in [5, 5.41) is 8.84. The van der Waals surface area contributed by atoms with Gasteiger partial charge in [0.1, 0.15) is 0 Å². The number of hydrogen-bond donors (Lipinski definition) is 0. The number of benzene rings is 2. The first-order valence-corrected chi connectivity index (χ1v) is 9.22. The Kier molecular flexibility index (Phi) is 8.33. The zero-order valence-corrected chi connectivity index (χ0v) is 16.8. The zero-order chi connectivity index (χ0) is 21.9. The third-order valence-corrected chi connectivity index (χ3v) is 4.18. The maximum atomic E-state index is 12.5. The maximum Gasteiger partial charge on any atom is 0.337 e. The van der Waals surface area contributed by atoms with E-state index >= 15 is 0 Å². The molecule has 7 heteroatoms. The van der Waals surface area contributed by atoms with Crippen molar-refractivity contribution in [2.75, 3.05) is 25.2 Å². The Hall–Kier alpha value is -3.92. The van der Waals surface area contributed by atoms with Gasteiger partial charge < -0.3 is 14.4 Å². The molecule has 0 saturated carbocycles. The summed E-state index contributed by atoms with van der Waals surface area (Å²) in [5.74, 6) is -1.54. The predicted molar refractivity (Wildman–Crippen MR) is 112 cm³/mol. The number of ether oxygens (including phenoxy) is 2. The third kappa shape index (κ3) is 6.60. The minimum atomic E-state index is -0.676. The number of hydrogen-bond acceptors (Lipinski definition) is 6. The summed E-state index contributed by atoms with van der Waals surface area (Å²) in [6.45, 7) is 1.70. The van der Waals surface area contributed by atoms with Crippen LogP contribution in [0.25, 0.3) is 6.08 Å². The van der Waals surface area contributed by atoms with Crippen molar-refractivity contribution in [3.63, 3.8) is 0 Å². The lowest BCUT2D eigenvalue weighted by Gasteiger charge is -2.21. The molecule has 0 N–H and O–H groups in total. The molecular formula is C23H22N2O5. The van der Waals surface area contributed by atoms with Gasteiger partial charge in [0, 0.05) is 18.3 Å². The molecule has 154 valence electrons. The van der Waals surface area contributed by atoms with Crippen LogP contribution in [-0.4, -0.2) is 38.1 Å². The fourth-order valence-electron chi connectivity index (χ4n) is 2.56. The van der Waals surface area contributed by atoms with Crippen molar-refractivity contribution >= 4 is 29.6 Å². The summed E-state index contributed by atoms with van der Waals surface area (Å²) in [5.41, 5.74) is 2.76. The number of nitriles is 1. The third-order valence-electron chi connectivity index (χ3n) is 4.18. The number of aryl methyl sites for hydroxylation is 1. The second kappa shape index (κ2) is 11.2. The van der Waals surface area contributed by atoms with Gasteiger partial charge in [0.05, 0.1) is 25.2 Å². The molecule has 0 aliphatic rings. The van der Waals surface area contributed by atoms with Gasteiger partial charge >= 0.3 is 11.9 Å². The summed E-state index contributed by atoms with van der Waals surface area (Å²) in [7, 11) is 1.30. The topological polar surface area (TPSA) is 96.7 Å². The maximum absolute atomic E-state index is 12.5. The molecule has 0 atom stereocenters. The predicted octanol–water partition coefficient (Wildman–Crippen LogP) is 3.28. The molecule has 0 radical (unpaired) electrons. The molecule has 2 rings (SSSR count). The van der Waals surface area contributed by atoms with E-state index in [4.69, 9.17) is 10.00 Å². The molecule has 2 aromatic rings. The Morgan fingerprint density at radius 3 is 2.33 bits per heavy atom. The Morgan fingerprint density at radius 2 is 1.73 bits per heavy atom. The molecule has 0 spiro atoms. The van der Waals surface area contributed by atoms with E-state index in [2.05, 4.69) is 4.74 Å². The van der Waals surface area contributed by atoms with E-state index in [1.807, 2.05) is 25.1 Å². The molecule has 0 unspecified atom stereocenters. The molecule has 0 aliphatic carbocycles. The van der Waals surface area contributed by atoms with Crippen LogP contribution in [0.5, 0.6) is 0 Å². The van der Waals surface area contributed by atoms with Gasteiger partial charge in [0.2, 0.25) is 0 Å². The molecule has 0 heterocycles. The first-order chi connectivity index (χ1) is 14.4. The first-order valence-electron chi connectivity index (χ1n) is 9.22. The minimum absolute atomic E-state index is 0.162. The van der Waals surface area contributed by atoms with E-state index in [-0.39, 0.29) is 13.0 Å². The van der Waals surface area contributed by atoms with Crippen LogP contribution in [0.2, 0.25) is 0 Å². The number of methoxy groups -OCH3 is 1. The van der Waals surface area contributed by atoms with E-state index in [9.17, 15) is 14.4 Å². The van der Waals surface area contributed by atoms with Crippen LogP contribution in [0, 0.1) is 18.3 Å². The average Bonchev–Trinajstić information content (AvgIpc) is 2.77. The highest BCUT2D eigenvalue weighted by molar-refractivity contribution is 5.96. The van der Waals surface area contributed by atoms with Crippen LogP contribution in [0.1, 0.15) is 27.9 Å². The van der Waals surface area contributed by atoms with Gasteiger partial charge in [-0.3, -0.25) is 4.79 Å². The second-order valence-corrected chi connectivity index (χ2v) is 6.34. The summed E-state index contributed by atoms with van der Waals surface area (Å²) in [6.07, 6.45) is 2.88. The number of carbonyl (C=O) groups is 3. The number of esters is 2. The number of anilines is 1. The Balaban J connectivity index is 1.94. The number of amides is 1. The molecule has 0 fully saturated rings. The highest BCUT2D eigenvalue weighted by Crippen LogP contribution is 2.16. The fourth-order valence-corrected chi connectivity index (χ4v) is 2.56. The van der Waals surface area contributed by atoms with Crippen LogP contribution in [0.4, 0.5) is 5.69 Å². The molecule has 0 aromatic heterocycles. The monoisotopic (exact) mass is 406 g/mol. The molecule has 2 aromatic carbocycles. The molecule has 30 heavy (non-hydrogen) atoms. The van der Waals surface area contributed by atoms with E-state index < -0.39 is 24.5 Å². The van der Waals surface area contributed by atoms with Crippen molar-refractivity contribution in [2.45, 2.75) is 13.3 Å². The zero-order valence-electron chi connectivity index (χ0n) is 16.8. The summed E-state index contributed by atoms with van der Waals surface area (Å²) < 4.78 is 9.66. The van der Waals surface area contributed by atoms with E-state index in [1.54, 1.807) is 36.4 Å². The van der Waals surface area contributed by atoms with Gasteiger partial charge in [-0.15, -0.1) is 0 Å². The van der Waals surface area contributed by atoms with Crippen LogP contribution in [0.15, 0.2) is 54.6 Å². The number of carbonyl (C=O) groups excluding carboxylic acids is 3. The van der Waals surface area contributed by atoms with Crippen LogP contribution >= 0.6 is 0 Å². The first kappa shape index (κ1) is 22.4. The van der Waals surface area contributed by atoms with Gasteiger partial charge in [0.25, 0.3) is 5.91 Å². The van der Waals surface area contributed by atoms with Gasteiger partial charge in [-0.25, -0.2) is 9.59 Å². The van der Waals surface area contributed by atoms with Gasteiger partial charge in [-0.05, 0) is 42.8 Å². The lowest BCUT2D eigenvalue weighted by Crippen LogP contribution is -2.35. The molecule has 0 bridgehead atoms. The van der Waals surface area contributed by atoms with Crippen LogP contribution in [-0.2, 0) is 19.1 Å². The minimum Gasteiger partial charge on any atom is -0.465 e. The SMILES string of the molecule is COC(=O)c1ccc(/C=C/C(=O)OCC(=O)N(CCC#N)c2ccc(C)cc2)cc1. The quantitative estimate of drug-likeness (QED) is 0.493. The van der Waals surface area contributed by atoms with Crippen molar-refractivity contribution in [1.29, 1.82) is 5.26 Å². The molecule has 0 aliphatic heterocycles. The van der Waals surface area contributed by atoms with Gasteiger partial charge in [-0.2, -0.15) is 5.26 Å². The van der Waals surface area contributed by atoms with Crippen molar-refractivity contribution < 1.29 is 23.9 Å². The van der Waals surface area contributed by atoms with Gasteiger partial charge in [-0.1, -0.05) is 29.8 Å².